The molecule has 11 nitrogen and oxygen atoms in total. The first-order valence-corrected chi connectivity index (χ1v) is 16.3. The first kappa shape index (κ1) is 34.5. The van der Waals surface area contributed by atoms with Gasteiger partial charge in [0, 0.05) is 34.8 Å². The van der Waals surface area contributed by atoms with Crippen LogP contribution in [0.5, 0.6) is 5.75 Å². The average Bonchev–Trinajstić information content (AvgIpc) is 3.64. The van der Waals surface area contributed by atoms with Crippen LogP contribution in [0.1, 0.15) is 63.7 Å². The van der Waals surface area contributed by atoms with Crippen molar-refractivity contribution >= 4 is 45.3 Å². The van der Waals surface area contributed by atoms with Gasteiger partial charge in [0.05, 0.1) is 29.9 Å². The van der Waals surface area contributed by atoms with Gasteiger partial charge >= 0.3 is 5.97 Å². The molecule has 3 amide bonds. The van der Waals surface area contributed by atoms with E-state index in [1.807, 2.05) is 82.3 Å². The molecule has 1 aliphatic heterocycles. The maximum atomic E-state index is 13.5. The molecule has 1 aromatic heterocycles. The summed E-state index contributed by atoms with van der Waals surface area (Å²) in [7, 11) is 0. The summed E-state index contributed by atoms with van der Waals surface area (Å²) in [4.78, 5) is 54.1. The standard InChI is InChI=1S/C36H37BrN4O7/c1-35(2,21-20-32(44)48-41-30(42)18-19-31(41)43)46-23-36(3,4)47-28-16-14-26(15-17-28)38-34(45)29-22-40(27-8-6-5-7-9-27)39-33(29)24-10-12-25(37)13-11-24/h5-17,22H,18-21,23H2,1-4H3,(H,38,45). The number of carbonyl (C=O) groups is 4. The van der Waals surface area contributed by atoms with Crippen molar-refractivity contribution < 1.29 is 33.5 Å². The molecule has 5 rings (SSSR count). The summed E-state index contributed by atoms with van der Waals surface area (Å²) in [6.45, 7) is 7.65. The molecule has 1 saturated heterocycles. The summed E-state index contributed by atoms with van der Waals surface area (Å²) in [5.74, 6) is -1.43. The third-order valence-electron chi connectivity index (χ3n) is 7.54. The Morgan fingerprint density at radius 2 is 1.52 bits per heavy atom. The number of hydrogen-bond donors (Lipinski definition) is 1. The van der Waals surface area contributed by atoms with Gasteiger partial charge in [0.25, 0.3) is 17.7 Å². The topological polar surface area (TPSA) is 129 Å². The number of halogens is 1. The van der Waals surface area contributed by atoms with Gasteiger partial charge in [0.15, 0.2) is 0 Å². The molecule has 0 saturated carbocycles. The normalized spacial score (nSPS) is 13.5. The highest BCUT2D eigenvalue weighted by molar-refractivity contribution is 9.10. The highest BCUT2D eigenvalue weighted by Gasteiger charge is 2.34. The third-order valence-corrected chi connectivity index (χ3v) is 8.07. The predicted octanol–water partition coefficient (Wildman–Crippen LogP) is 6.89. The highest BCUT2D eigenvalue weighted by atomic mass is 79.9. The zero-order valence-electron chi connectivity index (χ0n) is 27.2. The van der Waals surface area contributed by atoms with Crippen LogP contribution in [-0.4, -0.2) is 56.3 Å². The number of para-hydroxylation sites is 1. The predicted molar refractivity (Wildman–Crippen MR) is 182 cm³/mol. The van der Waals surface area contributed by atoms with Crippen LogP contribution in [0, 0.1) is 0 Å². The smallest absolute Gasteiger partial charge is 0.333 e. The lowest BCUT2D eigenvalue weighted by Crippen LogP contribution is -2.39. The number of imide groups is 1. The van der Waals surface area contributed by atoms with E-state index in [2.05, 4.69) is 21.2 Å². The monoisotopic (exact) mass is 716 g/mol. The van der Waals surface area contributed by atoms with Crippen molar-refractivity contribution in [2.75, 3.05) is 11.9 Å². The third kappa shape index (κ3) is 8.96. The fraction of sp³-hybridized carbons (Fsp3) is 0.306. The lowest BCUT2D eigenvalue weighted by atomic mass is 10.0. The molecule has 1 aliphatic rings. The van der Waals surface area contributed by atoms with Crippen LogP contribution in [0.25, 0.3) is 16.9 Å². The van der Waals surface area contributed by atoms with Gasteiger partial charge in [0.1, 0.15) is 17.0 Å². The van der Waals surface area contributed by atoms with E-state index >= 15 is 0 Å². The summed E-state index contributed by atoms with van der Waals surface area (Å²) < 4.78 is 14.9. The van der Waals surface area contributed by atoms with Gasteiger partial charge in [-0.1, -0.05) is 46.3 Å². The molecule has 0 radical (unpaired) electrons. The minimum Gasteiger partial charge on any atom is -0.485 e. The van der Waals surface area contributed by atoms with Gasteiger partial charge in [0.2, 0.25) is 0 Å². The van der Waals surface area contributed by atoms with Crippen LogP contribution in [-0.2, 0) is 24.0 Å². The summed E-state index contributed by atoms with van der Waals surface area (Å²) in [6.07, 6.45) is 2.09. The molecular formula is C36H37BrN4O7. The molecule has 12 heteroatoms. The molecule has 0 spiro atoms. The Kier molecular flexibility index (Phi) is 10.4. The maximum absolute atomic E-state index is 13.5. The number of nitrogens with zero attached hydrogens (tertiary/aromatic N) is 3. The van der Waals surface area contributed by atoms with Crippen LogP contribution >= 0.6 is 15.9 Å². The number of ether oxygens (including phenoxy) is 2. The minimum absolute atomic E-state index is 0.0316. The van der Waals surface area contributed by atoms with E-state index in [9.17, 15) is 19.2 Å². The number of benzene rings is 3. The lowest BCUT2D eigenvalue weighted by molar-refractivity contribution is -0.198. The molecule has 0 unspecified atom stereocenters. The quantitative estimate of drug-likeness (QED) is 0.148. The molecule has 4 aromatic rings. The van der Waals surface area contributed by atoms with Crippen molar-refractivity contribution in [2.45, 2.75) is 64.6 Å². The molecule has 3 aromatic carbocycles. The lowest BCUT2D eigenvalue weighted by Gasteiger charge is -2.32. The Labute approximate surface area is 287 Å². The maximum Gasteiger partial charge on any atom is 0.333 e. The van der Waals surface area contributed by atoms with Gasteiger partial charge in [-0.15, -0.1) is 5.06 Å². The number of rotatable bonds is 13. The molecule has 2 heterocycles. The molecular weight excluding hydrogens is 680 g/mol. The van der Waals surface area contributed by atoms with Crippen molar-refractivity contribution in [1.82, 2.24) is 14.8 Å². The molecule has 0 bridgehead atoms. The number of anilines is 1. The number of hydroxylamine groups is 2. The van der Waals surface area contributed by atoms with Crippen molar-refractivity contribution in [3.8, 4) is 22.7 Å². The second-order valence-corrected chi connectivity index (χ2v) is 13.5. The zero-order chi connectivity index (χ0) is 34.5. The van der Waals surface area contributed by atoms with Crippen molar-refractivity contribution in [2.24, 2.45) is 0 Å². The van der Waals surface area contributed by atoms with Crippen LogP contribution in [0.3, 0.4) is 0 Å². The van der Waals surface area contributed by atoms with Gasteiger partial charge < -0.3 is 19.6 Å². The summed E-state index contributed by atoms with van der Waals surface area (Å²) in [5, 5.41) is 8.25. The van der Waals surface area contributed by atoms with Gasteiger partial charge in [-0.2, -0.15) is 5.10 Å². The minimum atomic E-state index is -0.734. The van der Waals surface area contributed by atoms with E-state index in [0.29, 0.717) is 34.2 Å². The Bertz CT molecular complexity index is 1770. The highest BCUT2D eigenvalue weighted by Crippen LogP contribution is 2.28. The number of nitrogens with one attached hydrogen (secondary N) is 1. The summed E-state index contributed by atoms with van der Waals surface area (Å²) in [6, 6.07) is 24.3. The van der Waals surface area contributed by atoms with Gasteiger partial charge in [-0.25, -0.2) is 9.48 Å². The molecule has 1 N–H and O–H groups in total. The number of aromatic nitrogens is 2. The number of hydrogen-bond acceptors (Lipinski definition) is 8. The van der Waals surface area contributed by atoms with E-state index in [4.69, 9.17) is 19.4 Å². The van der Waals surface area contributed by atoms with Crippen molar-refractivity contribution in [1.29, 1.82) is 0 Å². The van der Waals surface area contributed by atoms with Crippen LogP contribution in [0.2, 0.25) is 0 Å². The fourth-order valence-corrected chi connectivity index (χ4v) is 5.14. The van der Waals surface area contributed by atoms with Crippen LogP contribution in [0.4, 0.5) is 5.69 Å². The Hall–Kier alpha value is -4.81. The summed E-state index contributed by atoms with van der Waals surface area (Å²) in [5.41, 5.74) is 1.77. The number of carbonyl (C=O) groups excluding carboxylic acids is 4. The first-order chi connectivity index (χ1) is 22.8. The molecule has 48 heavy (non-hydrogen) atoms. The van der Waals surface area contributed by atoms with Crippen molar-refractivity contribution in [3.05, 3.63) is 95.1 Å². The van der Waals surface area contributed by atoms with E-state index in [1.165, 1.54) is 0 Å². The van der Waals surface area contributed by atoms with E-state index in [0.717, 1.165) is 15.7 Å². The summed E-state index contributed by atoms with van der Waals surface area (Å²) >= 11 is 3.46. The largest absolute Gasteiger partial charge is 0.485 e. The molecule has 1 fully saturated rings. The molecule has 0 atom stereocenters. The van der Waals surface area contributed by atoms with Crippen LogP contribution in [0.15, 0.2) is 89.5 Å². The SMILES string of the molecule is CC(C)(CCC(=O)ON1C(=O)CCC1=O)OCC(C)(C)Oc1ccc(NC(=O)c2cn(-c3ccccc3)nc2-c2ccc(Br)cc2)cc1. The van der Waals surface area contributed by atoms with Gasteiger partial charge in [-0.05, 0) is 82.6 Å². The van der Waals surface area contributed by atoms with Crippen molar-refractivity contribution in [3.63, 3.8) is 0 Å². The Morgan fingerprint density at radius 1 is 0.875 bits per heavy atom. The number of amides is 3. The van der Waals surface area contributed by atoms with E-state index in [-0.39, 0.29) is 31.8 Å². The van der Waals surface area contributed by atoms with Gasteiger partial charge in [-0.3, -0.25) is 14.4 Å². The average molecular weight is 718 g/mol. The molecule has 0 aliphatic carbocycles. The van der Waals surface area contributed by atoms with E-state index in [1.54, 1.807) is 35.1 Å². The zero-order valence-corrected chi connectivity index (χ0v) is 28.8. The fourth-order valence-electron chi connectivity index (χ4n) is 4.88. The Morgan fingerprint density at radius 3 is 2.17 bits per heavy atom. The second-order valence-electron chi connectivity index (χ2n) is 12.6. The first-order valence-electron chi connectivity index (χ1n) is 15.5. The second kappa shape index (κ2) is 14.5. The molecule has 250 valence electrons. The van der Waals surface area contributed by atoms with E-state index < -0.39 is 29.0 Å². The Balaban J connectivity index is 1.17. The van der Waals surface area contributed by atoms with Crippen LogP contribution < -0.4 is 10.1 Å².